The maximum Gasteiger partial charge on any atom is 0.115 e. The minimum atomic E-state index is 0.257. The molecule has 0 saturated heterocycles. The molecule has 0 radical (unpaired) electrons. The average Bonchev–Trinajstić information content (AvgIpc) is 3.09. The van der Waals surface area contributed by atoms with Crippen LogP contribution in [0.25, 0.3) is 22.3 Å². The van der Waals surface area contributed by atoms with Gasteiger partial charge in [0.05, 0.1) is 0 Å². The second kappa shape index (κ2) is 7.38. The lowest BCUT2D eigenvalue weighted by Crippen LogP contribution is -1.77. The fraction of sp³-hybridized carbons (Fsp3) is 0.0400. The Labute approximate surface area is 159 Å². The van der Waals surface area contributed by atoms with Crippen molar-refractivity contribution in [3.8, 4) is 33.8 Å². The van der Waals surface area contributed by atoms with Gasteiger partial charge in [0.1, 0.15) is 11.5 Å². The van der Waals surface area contributed by atoms with Crippen LogP contribution in [0.4, 0.5) is 0 Å². The predicted octanol–water partition coefficient (Wildman–Crippen LogP) is 6.02. The molecule has 2 N–H and O–H groups in total. The van der Waals surface area contributed by atoms with Crippen LogP contribution in [0.3, 0.4) is 0 Å². The molecule has 0 amide bonds. The maximum atomic E-state index is 9.11. The van der Waals surface area contributed by atoms with E-state index < -0.39 is 0 Å². The van der Waals surface area contributed by atoms with Gasteiger partial charge in [-0.3, -0.25) is 0 Å². The van der Waals surface area contributed by atoms with Crippen LogP contribution in [-0.4, -0.2) is 10.2 Å². The van der Waals surface area contributed by atoms with Crippen molar-refractivity contribution in [1.82, 2.24) is 0 Å². The summed E-state index contributed by atoms with van der Waals surface area (Å²) in [6, 6.07) is 31.2. The van der Waals surface area contributed by atoms with Crippen molar-refractivity contribution in [2.24, 2.45) is 0 Å². The summed E-state index contributed by atoms with van der Waals surface area (Å²) in [6.07, 6.45) is 1.10. The lowest BCUT2D eigenvalue weighted by molar-refractivity contribution is 0.474. The van der Waals surface area contributed by atoms with Crippen molar-refractivity contribution >= 4 is 0 Å². The number of hydrogen-bond acceptors (Lipinski definition) is 2. The molecule has 2 nitrogen and oxygen atoms in total. The molecule has 2 heteroatoms. The second-order valence-corrected chi connectivity index (χ2v) is 6.58. The van der Waals surface area contributed by atoms with Gasteiger partial charge in [-0.2, -0.15) is 0 Å². The lowest BCUT2D eigenvalue weighted by Gasteiger charge is -2.01. The normalized spacial score (nSPS) is 11.1. The van der Waals surface area contributed by atoms with Crippen LogP contribution >= 0.6 is 0 Å². The lowest BCUT2D eigenvalue weighted by atomic mass is 10.1. The van der Waals surface area contributed by atoms with Crippen molar-refractivity contribution in [3.05, 3.63) is 108 Å². The van der Waals surface area contributed by atoms with Gasteiger partial charge < -0.3 is 10.2 Å². The molecule has 0 atom stereocenters. The van der Waals surface area contributed by atoms with E-state index in [2.05, 4.69) is 48.5 Å². The molecule has 0 fully saturated rings. The van der Waals surface area contributed by atoms with Gasteiger partial charge in [-0.25, -0.2) is 0 Å². The fourth-order valence-corrected chi connectivity index (χ4v) is 3.39. The van der Waals surface area contributed by atoms with E-state index in [0.29, 0.717) is 0 Å². The molecule has 0 aromatic heterocycles. The smallest absolute Gasteiger partial charge is 0.115 e. The van der Waals surface area contributed by atoms with Gasteiger partial charge in [0.25, 0.3) is 0 Å². The highest BCUT2D eigenvalue weighted by molar-refractivity contribution is 5.76. The molecule has 0 bridgehead atoms. The van der Waals surface area contributed by atoms with Gasteiger partial charge >= 0.3 is 0 Å². The zero-order valence-corrected chi connectivity index (χ0v) is 14.8. The SMILES string of the molecule is Oc1ccc(-c2ccc(O)cc2)cc1.c1ccc2c(c1)Cc1ccccc1-2. The van der Waals surface area contributed by atoms with E-state index in [1.807, 2.05) is 24.3 Å². The number of aromatic hydroxyl groups is 2. The third-order valence-electron chi connectivity index (χ3n) is 4.77. The molecule has 132 valence electrons. The van der Waals surface area contributed by atoms with E-state index >= 15 is 0 Å². The van der Waals surface area contributed by atoms with Crippen molar-refractivity contribution < 1.29 is 10.2 Å². The summed E-state index contributed by atoms with van der Waals surface area (Å²) in [5.74, 6) is 0.514. The van der Waals surface area contributed by atoms with Gasteiger partial charge in [-0.05, 0) is 64.1 Å². The Morgan fingerprint density at radius 2 is 0.815 bits per heavy atom. The molecule has 0 spiro atoms. The molecule has 0 saturated carbocycles. The minimum absolute atomic E-state index is 0.257. The summed E-state index contributed by atoms with van der Waals surface area (Å²) in [6.45, 7) is 0. The highest BCUT2D eigenvalue weighted by atomic mass is 16.3. The van der Waals surface area contributed by atoms with Gasteiger partial charge in [-0.15, -0.1) is 0 Å². The highest BCUT2D eigenvalue weighted by Gasteiger charge is 2.15. The van der Waals surface area contributed by atoms with Crippen LogP contribution in [0, 0.1) is 0 Å². The first-order valence-corrected chi connectivity index (χ1v) is 8.95. The Morgan fingerprint density at radius 1 is 0.444 bits per heavy atom. The summed E-state index contributed by atoms with van der Waals surface area (Å²) in [5.41, 5.74) is 7.79. The first-order valence-electron chi connectivity index (χ1n) is 8.95. The van der Waals surface area contributed by atoms with Gasteiger partial charge in [0.2, 0.25) is 0 Å². The molecule has 1 aliphatic rings. The van der Waals surface area contributed by atoms with Crippen molar-refractivity contribution in [1.29, 1.82) is 0 Å². The van der Waals surface area contributed by atoms with Crippen molar-refractivity contribution in [3.63, 3.8) is 0 Å². The van der Waals surface area contributed by atoms with E-state index in [1.165, 1.54) is 22.3 Å². The van der Waals surface area contributed by atoms with Crippen LogP contribution in [0.2, 0.25) is 0 Å². The average molecular weight is 352 g/mol. The molecule has 5 rings (SSSR count). The number of phenols is 2. The third kappa shape index (κ3) is 3.70. The van der Waals surface area contributed by atoms with E-state index in [9.17, 15) is 0 Å². The standard InChI is InChI=1S/C13H10.C12H10O2/c1-3-7-12-10(5-1)9-11-6-2-4-8-13(11)12;13-11-5-1-9(2-6-11)10-3-7-12(14)8-4-10/h1-8H,9H2;1-8,13-14H. The summed E-state index contributed by atoms with van der Waals surface area (Å²) >= 11 is 0. The first kappa shape index (κ1) is 16.9. The van der Waals surface area contributed by atoms with Gasteiger partial charge in [0.15, 0.2) is 0 Å². The molecule has 0 unspecified atom stereocenters. The van der Waals surface area contributed by atoms with Crippen LogP contribution in [0.15, 0.2) is 97.1 Å². The molecule has 27 heavy (non-hydrogen) atoms. The van der Waals surface area contributed by atoms with Crippen LogP contribution in [-0.2, 0) is 6.42 Å². The van der Waals surface area contributed by atoms with Crippen LogP contribution in [0.5, 0.6) is 11.5 Å². The third-order valence-corrected chi connectivity index (χ3v) is 4.77. The minimum Gasteiger partial charge on any atom is -0.508 e. The number of phenolic OH excluding ortho intramolecular Hbond substituents is 2. The Balaban J connectivity index is 0.000000134. The zero-order valence-electron chi connectivity index (χ0n) is 14.8. The topological polar surface area (TPSA) is 40.5 Å². The monoisotopic (exact) mass is 352 g/mol. The van der Waals surface area contributed by atoms with E-state index in [0.717, 1.165) is 17.5 Å². The number of fused-ring (bicyclic) bond motifs is 3. The van der Waals surface area contributed by atoms with Gasteiger partial charge in [-0.1, -0.05) is 72.8 Å². The number of benzene rings is 4. The van der Waals surface area contributed by atoms with Crippen molar-refractivity contribution in [2.75, 3.05) is 0 Å². The van der Waals surface area contributed by atoms with E-state index in [1.54, 1.807) is 24.3 Å². The predicted molar refractivity (Wildman–Crippen MR) is 110 cm³/mol. The quantitative estimate of drug-likeness (QED) is 0.387. The molecule has 1 aliphatic carbocycles. The molecule has 4 aromatic carbocycles. The van der Waals surface area contributed by atoms with Gasteiger partial charge in [0, 0.05) is 0 Å². The van der Waals surface area contributed by atoms with E-state index in [4.69, 9.17) is 10.2 Å². The summed E-state index contributed by atoms with van der Waals surface area (Å²) < 4.78 is 0. The maximum absolute atomic E-state index is 9.11. The Kier molecular flexibility index (Phi) is 4.63. The number of hydrogen-bond donors (Lipinski definition) is 2. The summed E-state index contributed by atoms with van der Waals surface area (Å²) in [5, 5.41) is 18.2. The summed E-state index contributed by atoms with van der Waals surface area (Å²) in [4.78, 5) is 0. The molecule has 0 aliphatic heterocycles. The molecule has 4 aromatic rings. The van der Waals surface area contributed by atoms with Crippen LogP contribution in [0.1, 0.15) is 11.1 Å². The van der Waals surface area contributed by atoms with Crippen LogP contribution < -0.4 is 0 Å². The zero-order chi connectivity index (χ0) is 18.6. The molecule has 0 heterocycles. The highest BCUT2D eigenvalue weighted by Crippen LogP contribution is 2.35. The largest absolute Gasteiger partial charge is 0.508 e. The Bertz CT molecular complexity index is 961. The molecular weight excluding hydrogens is 332 g/mol. The first-order chi connectivity index (χ1) is 13.2. The summed E-state index contributed by atoms with van der Waals surface area (Å²) in [7, 11) is 0. The second-order valence-electron chi connectivity index (χ2n) is 6.58. The fourth-order valence-electron chi connectivity index (χ4n) is 3.39. The Hall–Kier alpha value is -3.52. The number of rotatable bonds is 1. The Morgan fingerprint density at radius 3 is 1.22 bits per heavy atom. The van der Waals surface area contributed by atoms with E-state index in [-0.39, 0.29) is 11.5 Å². The van der Waals surface area contributed by atoms with Crippen molar-refractivity contribution in [2.45, 2.75) is 6.42 Å². The molecular formula is C25H20O2.